The molecular formula is C19H23N3O2. The van der Waals surface area contributed by atoms with E-state index in [1.807, 2.05) is 69.3 Å². The Morgan fingerprint density at radius 1 is 0.833 bits per heavy atom. The molecule has 0 fully saturated rings. The molecule has 0 spiro atoms. The SMILES string of the molecule is CC(C)(C)C(=O)Nc1cccc(NCC(=O)Nc2ccccc2)c1. The van der Waals surface area contributed by atoms with Crippen molar-refractivity contribution in [3.63, 3.8) is 0 Å². The van der Waals surface area contributed by atoms with Crippen molar-refractivity contribution >= 4 is 28.9 Å². The minimum absolute atomic E-state index is 0.0542. The Kier molecular flexibility index (Phi) is 5.58. The predicted octanol–water partition coefficient (Wildman–Crippen LogP) is 3.72. The quantitative estimate of drug-likeness (QED) is 0.784. The highest BCUT2D eigenvalue weighted by Crippen LogP contribution is 2.20. The molecule has 0 unspecified atom stereocenters. The number of benzene rings is 2. The highest BCUT2D eigenvalue weighted by Gasteiger charge is 2.21. The van der Waals surface area contributed by atoms with Gasteiger partial charge in [0.1, 0.15) is 0 Å². The summed E-state index contributed by atoms with van der Waals surface area (Å²) < 4.78 is 0. The molecule has 5 heteroatoms. The molecule has 0 aliphatic carbocycles. The maximum absolute atomic E-state index is 12.0. The number of hydrogen-bond acceptors (Lipinski definition) is 3. The standard InChI is InChI=1S/C19H23N3O2/c1-19(2,3)18(24)22-16-11-7-10-15(12-16)20-13-17(23)21-14-8-5-4-6-9-14/h4-12,20H,13H2,1-3H3,(H,21,23)(H,22,24). The van der Waals surface area contributed by atoms with Crippen LogP contribution in [0, 0.1) is 5.41 Å². The zero-order valence-electron chi connectivity index (χ0n) is 14.2. The number of carbonyl (C=O) groups excluding carboxylic acids is 2. The Hall–Kier alpha value is -2.82. The fourth-order valence-corrected chi connectivity index (χ4v) is 1.93. The van der Waals surface area contributed by atoms with Crippen LogP contribution in [0.2, 0.25) is 0 Å². The molecule has 0 aliphatic heterocycles. The van der Waals surface area contributed by atoms with Crippen molar-refractivity contribution in [1.82, 2.24) is 0 Å². The Labute approximate surface area is 142 Å². The molecule has 0 saturated carbocycles. The zero-order valence-corrected chi connectivity index (χ0v) is 14.2. The van der Waals surface area contributed by atoms with E-state index in [0.717, 1.165) is 11.4 Å². The van der Waals surface area contributed by atoms with E-state index in [-0.39, 0.29) is 18.4 Å². The number of rotatable bonds is 5. The lowest BCUT2D eigenvalue weighted by atomic mass is 9.95. The molecule has 5 nitrogen and oxygen atoms in total. The van der Waals surface area contributed by atoms with Crippen LogP contribution in [0.15, 0.2) is 54.6 Å². The highest BCUT2D eigenvalue weighted by atomic mass is 16.2. The van der Waals surface area contributed by atoms with E-state index >= 15 is 0 Å². The number of amides is 2. The van der Waals surface area contributed by atoms with Crippen LogP contribution in [-0.4, -0.2) is 18.4 Å². The van der Waals surface area contributed by atoms with Crippen molar-refractivity contribution in [1.29, 1.82) is 0 Å². The molecule has 0 atom stereocenters. The van der Waals surface area contributed by atoms with Gasteiger partial charge in [0.05, 0.1) is 6.54 Å². The van der Waals surface area contributed by atoms with Gasteiger partial charge in [-0.3, -0.25) is 9.59 Å². The maximum Gasteiger partial charge on any atom is 0.243 e. The van der Waals surface area contributed by atoms with E-state index in [2.05, 4.69) is 16.0 Å². The van der Waals surface area contributed by atoms with Crippen LogP contribution in [0.25, 0.3) is 0 Å². The Morgan fingerprint density at radius 2 is 1.46 bits per heavy atom. The van der Waals surface area contributed by atoms with E-state index in [9.17, 15) is 9.59 Å². The fraction of sp³-hybridized carbons (Fsp3) is 0.263. The van der Waals surface area contributed by atoms with Crippen LogP contribution in [-0.2, 0) is 9.59 Å². The van der Waals surface area contributed by atoms with Gasteiger partial charge in [-0.15, -0.1) is 0 Å². The smallest absolute Gasteiger partial charge is 0.243 e. The molecule has 0 aromatic heterocycles. The van der Waals surface area contributed by atoms with Crippen LogP contribution in [0.5, 0.6) is 0 Å². The van der Waals surface area contributed by atoms with E-state index in [1.165, 1.54) is 0 Å². The fourth-order valence-electron chi connectivity index (χ4n) is 1.93. The minimum Gasteiger partial charge on any atom is -0.376 e. The average Bonchev–Trinajstić information content (AvgIpc) is 2.53. The van der Waals surface area contributed by atoms with Crippen LogP contribution in [0.4, 0.5) is 17.1 Å². The molecule has 126 valence electrons. The van der Waals surface area contributed by atoms with Crippen molar-refractivity contribution < 1.29 is 9.59 Å². The van der Waals surface area contributed by atoms with Gasteiger partial charge < -0.3 is 16.0 Å². The third-order valence-electron chi connectivity index (χ3n) is 3.31. The zero-order chi connectivity index (χ0) is 17.6. The summed E-state index contributed by atoms with van der Waals surface area (Å²) in [5.74, 6) is -0.188. The average molecular weight is 325 g/mol. The van der Waals surface area contributed by atoms with Gasteiger partial charge in [0.25, 0.3) is 0 Å². The number of para-hydroxylation sites is 1. The summed E-state index contributed by atoms with van der Waals surface area (Å²) in [6, 6.07) is 16.6. The van der Waals surface area contributed by atoms with E-state index < -0.39 is 5.41 Å². The molecule has 2 rings (SSSR count). The minimum atomic E-state index is -0.459. The first kappa shape index (κ1) is 17.5. The molecule has 24 heavy (non-hydrogen) atoms. The molecule has 2 amide bonds. The van der Waals surface area contributed by atoms with Crippen LogP contribution < -0.4 is 16.0 Å². The summed E-state index contributed by atoms with van der Waals surface area (Å²) in [7, 11) is 0. The molecule has 0 radical (unpaired) electrons. The first-order valence-electron chi connectivity index (χ1n) is 7.85. The third-order valence-corrected chi connectivity index (χ3v) is 3.31. The summed E-state index contributed by atoms with van der Waals surface area (Å²) in [4.78, 5) is 24.0. The van der Waals surface area contributed by atoms with E-state index in [1.54, 1.807) is 6.07 Å². The number of hydrogen-bond donors (Lipinski definition) is 3. The molecule has 0 heterocycles. The van der Waals surface area contributed by atoms with Crippen molar-refractivity contribution in [3.05, 3.63) is 54.6 Å². The van der Waals surface area contributed by atoms with Gasteiger partial charge in [0, 0.05) is 22.5 Å². The summed E-state index contributed by atoms with van der Waals surface area (Å²) in [6.07, 6.45) is 0. The lowest BCUT2D eigenvalue weighted by molar-refractivity contribution is -0.123. The van der Waals surface area contributed by atoms with Crippen LogP contribution in [0.1, 0.15) is 20.8 Å². The second-order valence-corrected chi connectivity index (χ2v) is 6.55. The van der Waals surface area contributed by atoms with E-state index in [4.69, 9.17) is 0 Å². The van der Waals surface area contributed by atoms with Crippen molar-refractivity contribution in [3.8, 4) is 0 Å². The van der Waals surface area contributed by atoms with Gasteiger partial charge in [0.15, 0.2) is 0 Å². The second-order valence-electron chi connectivity index (χ2n) is 6.55. The van der Waals surface area contributed by atoms with E-state index in [0.29, 0.717) is 5.69 Å². The van der Waals surface area contributed by atoms with Gasteiger partial charge in [-0.25, -0.2) is 0 Å². The lowest BCUT2D eigenvalue weighted by Crippen LogP contribution is -2.27. The molecule has 3 N–H and O–H groups in total. The number of anilines is 3. The Morgan fingerprint density at radius 3 is 2.12 bits per heavy atom. The summed E-state index contributed by atoms with van der Waals surface area (Å²) in [5.41, 5.74) is 1.77. The summed E-state index contributed by atoms with van der Waals surface area (Å²) in [5, 5.41) is 8.73. The molecule has 0 aliphatic rings. The van der Waals surface area contributed by atoms with Crippen LogP contribution >= 0.6 is 0 Å². The molecule has 2 aromatic rings. The summed E-state index contributed by atoms with van der Waals surface area (Å²) >= 11 is 0. The van der Waals surface area contributed by atoms with Crippen molar-refractivity contribution in [2.75, 3.05) is 22.5 Å². The van der Waals surface area contributed by atoms with Crippen molar-refractivity contribution in [2.45, 2.75) is 20.8 Å². The van der Waals surface area contributed by atoms with Crippen LogP contribution in [0.3, 0.4) is 0 Å². The second kappa shape index (κ2) is 7.64. The molecule has 0 bridgehead atoms. The Bertz CT molecular complexity index is 706. The van der Waals surface area contributed by atoms with Gasteiger partial charge in [-0.05, 0) is 30.3 Å². The molecular weight excluding hydrogens is 302 g/mol. The third kappa shape index (κ3) is 5.43. The van der Waals surface area contributed by atoms with Gasteiger partial charge >= 0.3 is 0 Å². The highest BCUT2D eigenvalue weighted by molar-refractivity contribution is 5.95. The number of carbonyl (C=O) groups is 2. The first-order valence-corrected chi connectivity index (χ1v) is 7.85. The summed E-state index contributed by atoms with van der Waals surface area (Å²) in [6.45, 7) is 5.72. The predicted molar refractivity (Wildman–Crippen MR) is 98.1 cm³/mol. The van der Waals surface area contributed by atoms with Crippen molar-refractivity contribution in [2.24, 2.45) is 5.41 Å². The molecule has 2 aromatic carbocycles. The molecule has 0 saturated heterocycles. The largest absolute Gasteiger partial charge is 0.376 e. The maximum atomic E-state index is 12.0. The Balaban J connectivity index is 1.90. The first-order chi connectivity index (χ1) is 11.3. The van der Waals surface area contributed by atoms with Gasteiger partial charge in [-0.1, -0.05) is 45.0 Å². The monoisotopic (exact) mass is 325 g/mol. The topological polar surface area (TPSA) is 70.2 Å². The van der Waals surface area contributed by atoms with Gasteiger partial charge in [-0.2, -0.15) is 0 Å². The number of nitrogens with one attached hydrogen (secondary N) is 3. The normalized spacial score (nSPS) is 10.8. The van der Waals surface area contributed by atoms with Gasteiger partial charge in [0.2, 0.25) is 11.8 Å². The lowest BCUT2D eigenvalue weighted by Gasteiger charge is -2.18.